The molecule has 0 heterocycles. The molecule has 1 aliphatic rings. The molecule has 21 heavy (non-hydrogen) atoms. The Kier molecular flexibility index (Phi) is 4.23. The molecule has 1 saturated carbocycles. The molecule has 3 heteroatoms. The van der Waals surface area contributed by atoms with Crippen LogP contribution in [-0.4, -0.2) is 24.9 Å². The van der Waals surface area contributed by atoms with Gasteiger partial charge in [-0.05, 0) is 54.8 Å². The van der Waals surface area contributed by atoms with Gasteiger partial charge in [-0.3, -0.25) is 0 Å². The Hall–Kier alpha value is -1.84. The van der Waals surface area contributed by atoms with E-state index in [2.05, 4.69) is 29.6 Å². The van der Waals surface area contributed by atoms with Crippen molar-refractivity contribution in [2.75, 3.05) is 13.7 Å². The van der Waals surface area contributed by atoms with Crippen molar-refractivity contribution in [2.24, 2.45) is 0 Å². The molecule has 0 radical (unpaired) electrons. The molecule has 1 fully saturated rings. The monoisotopic (exact) mass is 283 g/mol. The van der Waals surface area contributed by atoms with Crippen LogP contribution in [0.25, 0.3) is 11.1 Å². The standard InChI is InChI=1S/C18H21NO2/c1-19-18(12-20)15-4-2-3-14(11-15)13-5-7-16(8-6-13)21-17-9-10-17/h2-8,11,17-20H,9-10,12H2,1H3. The van der Waals surface area contributed by atoms with Gasteiger partial charge in [-0.1, -0.05) is 30.3 Å². The lowest BCUT2D eigenvalue weighted by Gasteiger charge is -2.15. The molecule has 0 aromatic heterocycles. The predicted octanol–water partition coefficient (Wildman–Crippen LogP) is 3.15. The molecule has 1 aliphatic carbocycles. The smallest absolute Gasteiger partial charge is 0.119 e. The number of rotatable bonds is 6. The third-order valence-electron chi connectivity index (χ3n) is 3.83. The van der Waals surface area contributed by atoms with Crippen LogP contribution in [0.2, 0.25) is 0 Å². The summed E-state index contributed by atoms with van der Waals surface area (Å²) in [5, 5.41) is 12.5. The summed E-state index contributed by atoms with van der Waals surface area (Å²) in [7, 11) is 1.86. The summed E-state index contributed by atoms with van der Waals surface area (Å²) in [4.78, 5) is 0. The van der Waals surface area contributed by atoms with Gasteiger partial charge in [-0.15, -0.1) is 0 Å². The van der Waals surface area contributed by atoms with Crippen LogP contribution in [0.4, 0.5) is 0 Å². The molecule has 110 valence electrons. The first-order chi connectivity index (χ1) is 10.3. The maximum Gasteiger partial charge on any atom is 0.119 e. The van der Waals surface area contributed by atoms with Crippen LogP contribution in [0.3, 0.4) is 0 Å². The van der Waals surface area contributed by atoms with Gasteiger partial charge in [0.15, 0.2) is 0 Å². The third kappa shape index (κ3) is 3.43. The number of aliphatic hydroxyl groups excluding tert-OH is 1. The number of aliphatic hydroxyl groups is 1. The van der Waals surface area contributed by atoms with E-state index < -0.39 is 0 Å². The van der Waals surface area contributed by atoms with E-state index in [-0.39, 0.29) is 12.6 Å². The molecule has 1 unspecified atom stereocenters. The highest BCUT2D eigenvalue weighted by molar-refractivity contribution is 5.65. The maximum absolute atomic E-state index is 9.39. The van der Waals surface area contributed by atoms with Crippen LogP contribution in [0.15, 0.2) is 48.5 Å². The van der Waals surface area contributed by atoms with E-state index in [1.165, 1.54) is 12.8 Å². The van der Waals surface area contributed by atoms with Crippen molar-refractivity contribution in [3.63, 3.8) is 0 Å². The van der Waals surface area contributed by atoms with Crippen molar-refractivity contribution < 1.29 is 9.84 Å². The molecular weight excluding hydrogens is 262 g/mol. The minimum atomic E-state index is -0.0255. The van der Waals surface area contributed by atoms with Crippen LogP contribution >= 0.6 is 0 Å². The van der Waals surface area contributed by atoms with Gasteiger partial charge in [0.2, 0.25) is 0 Å². The zero-order valence-corrected chi connectivity index (χ0v) is 12.3. The van der Waals surface area contributed by atoms with Gasteiger partial charge in [0.1, 0.15) is 5.75 Å². The Labute approximate surface area is 125 Å². The average Bonchev–Trinajstić information content (AvgIpc) is 3.34. The van der Waals surface area contributed by atoms with E-state index in [1.807, 2.05) is 31.3 Å². The molecule has 0 amide bonds. The zero-order chi connectivity index (χ0) is 14.7. The topological polar surface area (TPSA) is 41.5 Å². The highest BCUT2D eigenvalue weighted by Crippen LogP contribution is 2.29. The second kappa shape index (κ2) is 6.29. The van der Waals surface area contributed by atoms with Gasteiger partial charge < -0.3 is 15.2 Å². The average molecular weight is 283 g/mol. The summed E-state index contributed by atoms with van der Waals surface area (Å²) >= 11 is 0. The molecule has 1 atom stereocenters. The summed E-state index contributed by atoms with van der Waals surface area (Å²) in [5.41, 5.74) is 3.41. The lowest BCUT2D eigenvalue weighted by molar-refractivity contribution is 0.251. The van der Waals surface area contributed by atoms with Gasteiger partial charge in [0.05, 0.1) is 18.8 Å². The Morgan fingerprint density at radius 2 is 1.90 bits per heavy atom. The minimum Gasteiger partial charge on any atom is -0.490 e. The largest absolute Gasteiger partial charge is 0.490 e. The van der Waals surface area contributed by atoms with Crippen molar-refractivity contribution in [3.05, 3.63) is 54.1 Å². The van der Waals surface area contributed by atoms with E-state index in [9.17, 15) is 5.11 Å². The van der Waals surface area contributed by atoms with Gasteiger partial charge in [-0.25, -0.2) is 0 Å². The van der Waals surface area contributed by atoms with E-state index in [4.69, 9.17) is 4.74 Å². The van der Waals surface area contributed by atoms with Crippen molar-refractivity contribution in [2.45, 2.75) is 25.0 Å². The Balaban J connectivity index is 1.80. The first kappa shape index (κ1) is 14.1. The van der Waals surface area contributed by atoms with Crippen molar-refractivity contribution >= 4 is 0 Å². The molecule has 3 rings (SSSR count). The SMILES string of the molecule is CNC(CO)c1cccc(-c2ccc(OC3CC3)cc2)c1. The quantitative estimate of drug-likeness (QED) is 0.855. The van der Waals surface area contributed by atoms with Crippen LogP contribution in [0, 0.1) is 0 Å². The fourth-order valence-corrected chi connectivity index (χ4v) is 2.40. The highest BCUT2D eigenvalue weighted by Gasteiger charge is 2.23. The molecule has 3 nitrogen and oxygen atoms in total. The zero-order valence-electron chi connectivity index (χ0n) is 12.3. The molecule has 2 aromatic rings. The van der Waals surface area contributed by atoms with Gasteiger partial charge >= 0.3 is 0 Å². The van der Waals surface area contributed by atoms with Gasteiger partial charge in [-0.2, -0.15) is 0 Å². The normalized spacial score (nSPS) is 15.7. The van der Waals surface area contributed by atoms with Gasteiger partial charge in [0.25, 0.3) is 0 Å². The summed E-state index contributed by atoms with van der Waals surface area (Å²) in [5.74, 6) is 0.945. The molecule has 2 aromatic carbocycles. The summed E-state index contributed by atoms with van der Waals surface area (Å²) < 4.78 is 5.77. The van der Waals surface area contributed by atoms with E-state index >= 15 is 0 Å². The van der Waals surface area contributed by atoms with E-state index in [0.717, 1.165) is 22.4 Å². The summed E-state index contributed by atoms with van der Waals surface area (Å²) in [6.07, 6.45) is 2.78. The van der Waals surface area contributed by atoms with E-state index in [1.54, 1.807) is 0 Å². The maximum atomic E-state index is 9.39. The molecule has 0 aliphatic heterocycles. The number of nitrogens with one attached hydrogen (secondary N) is 1. The van der Waals surface area contributed by atoms with Crippen molar-refractivity contribution in [1.29, 1.82) is 0 Å². The summed E-state index contributed by atoms with van der Waals surface area (Å²) in [6.45, 7) is 0.0914. The second-order valence-corrected chi connectivity index (χ2v) is 5.49. The lowest BCUT2D eigenvalue weighted by Crippen LogP contribution is -2.19. The highest BCUT2D eigenvalue weighted by atomic mass is 16.5. The summed E-state index contributed by atoms with van der Waals surface area (Å²) in [6, 6.07) is 16.5. The molecule has 2 N–H and O–H groups in total. The fourth-order valence-electron chi connectivity index (χ4n) is 2.40. The Morgan fingerprint density at radius 1 is 1.14 bits per heavy atom. The van der Waals surface area contributed by atoms with Crippen molar-refractivity contribution in [3.8, 4) is 16.9 Å². The predicted molar refractivity (Wildman–Crippen MR) is 84.4 cm³/mol. The van der Waals surface area contributed by atoms with E-state index in [0.29, 0.717) is 6.10 Å². The number of benzene rings is 2. The number of hydrogen-bond acceptors (Lipinski definition) is 3. The first-order valence-electron chi connectivity index (χ1n) is 7.45. The number of likely N-dealkylation sites (N-methyl/N-ethyl adjacent to an activating group) is 1. The molecular formula is C18H21NO2. The molecule has 0 saturated heterocycles. The third-order valence-corrected chi connectivity index (χ3v) is 3.83. The van der Waals surface area contributed by atoms with Crippen LogP contribution < -0.4 is 10.1 Å². The molecule has 0 bridgehead atoms. The Morgan fingerprint density at radius 3 is 2.52 bits per heavy atom. The Bertz CT molecular complexity index is 586. The number of hydrogen-bond donors (Lipinski definition) is 2. The first-order valence-corrected chi connectivity index (χ1v) is 7.45. The molecule has 0 spiro atoms. The number of ether oxygens (including phenoxy) is 1. The second-order valence-electron chi connectivity index (χ2n) is 5.49. The van der Waals surface area contributed by atoms with Crippen LogP contribution in [-0.2, 0) is 0 Å². The van der Waals surface area contributed by atoms with Gasteiger partial charge in [0, 0.05) is 0 Å². The minimum absolute atomic E-state index is 0.0255. The van der Waals surface area contributed by atoms with Crippen LogP contribution in [0.5, 0.6) is 5.75 Å². The van der Waals surface area contributed by atoms with Crippen molar-refractivity contribution in [1.82, 2.24) is 5.32 Å². The van der Waals surface area contributed by atoms with Crippen LogP contribution in [0.1, 0.15) is 24.4 Å². The lowest BCUT2D eigenvalue weighted by atomic mass is 10.00. The fraction of sp³-hybridized carbons (Fsp3) is 0.333.